The Hall–Kier alpha value is -0.680. The van der Waals surface area contributed by atoms with Crippen molar-refractivity contribution in [3.8, 4) is 0 Å². The first-order valence-electron chi connectivity index (χ1n) is 12.3. The van der Waals surface area contributed by atoms with E-state index < -0.39 is 112 Å². The molecule has 38 heavy (non-hydrogen) atoms. The van der Waals surface area contributed by atoms with Gasteiger partial charge in [-0.15, -0.1) is 0 Å². The smallest absolute Gasteiger partial charge is 0.187 e. The summed E-state index contributed by atoms with van der Waals surface area (Å²) in [4.78, 5) is 0. The number of hydrogen-bond donors (Lipinski definition) is 11. The van der Waals surface area contributed by atoms with Crippen molar-refractivity contribution < 1.29 is 74.4 Å². The van der Waals surface area contributed by atoms with Crippen LogP contribution in [0.4, 0.5) is 0 Å². The highest BCUT2D eigenvalue weighted by atomic mass is 16.8. The van der Waals surface area contributed by atoms with E-state index in [-0.39, 0.29) is 6.61 Å². The van der Waals surface area contributed by atoms with E-state index in [1.54, 1.807) is 0 Å². The molecule has 0 spiro atoms. The lowest BCUT2D eigenvalue weighted by atomic mass is 9.95. The molecule has 3 heterocycles. The molecule has 224 valence electrons. The second-order valence-corrected chi connectivity index (χ2v) is 9.41. The van der Waals surface area contributed by atoms with Crippen LogP contribution in [-0.2, 0) is 28.4 Å². The Labute approximate surface area is 218 Å². The summed E-state index contributed by atoms with van der Waals surface area (Å²) >= 11 is 0. The molecule has 17 heteroatoms. The molecule has 0 aliphatic carbocycles. The summed E-state index contributed by atoms with van der Waals surface area (Å²) in [6.07, 6.45) is -21.3. The molecule has 13 N–H and O–H groups in total. The lowest BCUT2D eigenvalue weighted by molar-refractivity contribution is -0.375. The van der Waals surface area contributed by atoms with E-state index in [0.29, 0.717) is 13.0 Å². The molecule has 0 aromatic rings. The highest BCUT2D eigenvalue weighted by molar-refractivity contribution is 4.97. The average molecular weight is 561 g/mol. The van der Waals surface area contributed by atoms with Crippen molar-refractivity contribution in [1.29, 1.82) is 0 Å². The van der Waals surface area contributed by atoms with Gasteiger partial charge < -0.3 is 85.8 Å². The van der Waals surface area contributed by atoms with Crippen molar-refractivity contribution in [2.75, 3.05) is 33.0 Å². The van der Waals surface area contributed by atoms with Crippen LogP contribution in [0.5, 0.6) is 0 Å². The zero-order valence-corrected chi connectivity index (χ0v) is 20.5. The summed E-state index contributed by atoms with van der Waals surface area (Å²) in [6.45, 7) is -1.63. The predicted molar refractivity (Wildman–Crippen MR) is 121 cm³/mol. The van der Waals surface area contributed by atoms with Crippen molar-refractivity contribution in [2.45, 2.75) is 98.5 Å². The fraction of sp³-hybridized carbons (Fsp3) is 1.00. The van der Waals surface area contributed by atoms with Gasteiger partial charge in [-0.3, -0.25) is 0 Å². The Morgan fingerprint density at radius 1 is 0.579 bits per heavy atom. The van der Waals surface area contributed by atoms with E-state index in [9.17, 15) is 46.0 Å². The number of rotatable bonds is 11. The molecule has 15 atom stereocenters. The average Bonchev–Trinajstić information content (AvgIpc) is 2.91. The van der Waals surface area contributed by atoms with Crippen LogP contribution >= 0.6 is 0 Å². The van der Waals surface area contributed by atoms with E-state index in [4.69, 9.17) is 39.9 Å². The Kier molecular flexibility index (Phi) is 12.0. The molecule has 17 nitrogen and oxygen atoms in total. The minimum Gasteiger partial charge on any atom is -0.394 e. The highest BCUT2D eigenvalue weighted by Gasteiger charge is 2.53. The van der Waals surface area contributed by atoms with Gasteiger partial charge in [0.2, 0.25) is 0 Å². The summed E-state index contributed by atoms with van der Waals surface area (Å²) in [7, 11) is 0. The van der Waals surface area contributed by atoms with Gasteiger partial charge in [0.05, 0.1) is 32.5 Å². The van der Waals surface area contributed by atoms with E-state index >= 15 is 0 Å². The third-order valence-corrected chi connectivity index (χ3v) is 6.78. The molecule has 0 radical (unpaired) electrons. The second-order valence-electron chi connectivity index (χ2n) is 9.41. The molecular formula is C21H40N2O15. The van der Waals surface area contributed by atoms with E-state index in [1.165, 1.54) is 0 Å². The van der Waals surface area contributed by atoms with Gasteiger partial charge in [-0.05, 0) is 13.0 Å². The molecule has 3 aliphatic rings. The third-order valence-electron chi connectivity index (χ3n) is 6.78. The monoisotopic (exact) mass is 560 g/mol. The summed E-state index contributed by atoms with van der Waals surface area (Å²) in [5.74, 6) is 0. The van der Waals surface area contributed by atoms with Crippen molar-refractivity contribution in [3.05, 3.63) is 0 Å². The van der Waals surface area contributed by atoms with Crippen LogP contribution in [0.15, 0.2) is 0 Å². The van der Waals surface area contributed by atoms with Gasteiger partial charge >= 0.3 is 0 Å². The summed E-state index contributed by atoms with van der Waals surface area (Å²) in [5.41, 5.74) is 11.5. The topological polar surface area (TPSA) is 289 Å². The van der Waals surface area contributed by atoms with Crippen LogP contribution in [0.3, 0.4) is 0 Å². The van der Waals surface area contributed by atoms with Gasteiger partial charge in [0, 0.05) is 0 Å². The van der Waals surface area contributed by atoms with Gasteiger partial charge in [0.25, 0.3) is 0 Å². The first kappa shape index (κ1) is 31.8. The van der Waals surface area contributed by atoms with Gasteiger partial charge in [-0.1, -0.05) is 0 Å². The number of ether oxygens (including phenoxy) is 6. The fourth-order valence-corrected chi connectivity index (χ4v) is 4.50. The zero-order valence-electron chi connectivity index (χ0n) is 20.5. The molecular weight excluding hydrogens is 520 g/mol. The molecule has 3 rings (SSSR count). The van der Waals surface area contributed by atoms with Crippen molar-refractivity contribution in [1.82, 2.24) is 0 Å². The maximum atomic E-state index is 10.9. The molecule has 0 aromatic heterocycles. The van der Waals surface area contributed by atoms with Crippen LogP contribution in [0.25, 0.3) is 0 Å². The maximum absolute atomic E-state index is 10.9. The molecule has 0 aromatic carbocycles. The molecule has 3 aliphatic heterocycles. The van der Waals surface area contributed by atoms with Gasteiger partial charge in [0.1, 0.15) is 67.1 Å². The van der Waals surface area contributed by atoms with Gasteiger partial charge in [0.15, 0.2) is 18.9 Å². The van der Waals surface area contributed by atoms with Crippen molar-refractivity contribution >= 4 is 0 Å². The minimum atomic E-state index is -1.85. The molecule has 0 saturated carbocycles. The van der Waals surface area contributed by atoms with E-state index in [2.05, 4.69) is 0 Å². The Bertz CT molecular complexity index is 708. The normalized spacial score (nSPS) is 48.2. The Morgan fingerprint density at radius 2 is 1.11 bits per heavy atom. The third kappa shape index (κ3) is 6.78. The summed E-state index contributed by atoms with van der Waals surface area (Å²) in [5, 5.41) is 91.5. The number of nitrogens with two attached hydrogens (primary N) is 2. The molecule has 3 saturated heterocycles. The van der Waals surface area contributed by atoms with Crippen LogP contribution in [0, 0.1) is 0 Å². The fourth-order valence-electron chi connectivity index (χ4n) is 4.50. The second kappa shape index (κ2) is 14.3. The molecule has 0 amide bonds. The van der Waals surface area contributed by atoms with Crippen molar-refractivity contribution in [3.63, 3.8) is 0 Å². The lowest BCUT2D eigenvalue weighted by Crippen LogP contribution is -2.67. The van der Waals surface area contributed by atoms with Crippen molar-refractivity contribution in [2.24, 2.45) is 11.5 Å². The molecule has 15 unspecified atom stereocenters. The Morgan fingerprint density at radius 3 is 1.68 bits per heavy atom. The largest absolute Gasteiger partial charge is 0.394 e. The van der Waals surface area contributed by atoms with Crippen LogP contribution < -0.4 is 11.5 Å². The van der Waals surface area contributed by atoms with Crippen LogP contribution in [-0.4, -0.2) is 171 Å². The molecule has 3 fully saturated rings. The maximum Gasteiger partial charge on any atom is 0.187 e. The van der Waals surface area contributed by atoms with Crippen LogP contribution in [0.2, 0.25) is 0 Å². The lowest BCUT2D eigenvalue weighted by Gasteiger charge is -2.48. The predicted octanol–water partition coefficient (Wildman–Crippen LogP) is -7.23. The quantitative estimate of drug-likeness (QED) is 0.105. The number of aliphatic hydroxyl groups is 9. The van der Waals surface area contributed by atoms with Gasteiger partial charge in [-0.25, -0.2) is 0 Å². The number of hydrogen-bond acceptors (Lipinski definition) is 17. The minimum absolute atomic E-state index is 0.183. The first-order valence-corrected chi connectivity index (χ1v) is 12.3. The zero-order chi connectivity index (χ0) is 28.1. The first-order chi connectivity index (χ1) is 18.1. The highest BCUT2D eigenvalue weighted by Crippen LogP contribution is 2.32. The SMILES string of the molecule is NCCCOC1OC(CO)C(OC2OC(CO)C(O)C(OC3OC(CO)C(O)C(O)C3O)C2O)C(O)C1N. The van der Waals surface area contributed by atoms with Crippen LogP contribution in [0.1, 0.15) is 6.42 Å². The standard InChI is InChI=1S/C21H40N2O15/c22-2-1-3-33-19-10(23)13(29)17(9(6-26)36-19)37-21-16(32)18(12(28)8(5-25)35-21)38-20-15(31)14(30)11(27)7(4-24)34-20/h7-21,24-32H,1-6,22-23H2. The summed E-state index contributed by atoms with van der Waals surface area (Å²) in [6, 6.07) is -1.14. The molecule has 0 bridgehead atoms. The van der Waals surface area contributed by atoms with E-state index in [1.807, 2.05) is 0 Å². The Balaban J connectivity index is 1.74. The van der Waals surface area contributed by atoms with Gasteiger partial charge in [-0.2, -0.15) is 0 Å². The number of aliphatic hydroxyl groups excluding tert-OH is 9. The van der Waals surface area contributed by atoms with E-state index in [0.717, 1.165) is 0 Å². The summed E-state index contributed by atoms with van der Waals surface area (Å²) < 4.78 is 33.1.